The van der Waals surface area contributed by atoms with Crippen LogP contribution >= 0.6 is 0 Å². The van der Waals surface area contributed by atoms with E-state index in [0.29, 0.717) is 12.4 Å². The number of hydrogen-bond acceptors (Lipinski definition) is 5. The maximum Gasteiger partial charge on any atom is 0.194 e. The lowest BCUT2D eigenvalue weighted by Crippen LogP contribution is -2.52. The molecule has 8 nitrogen and oxygen atoms in total. The minimum Gasteiger partial charge on any atom is -0.497 e. The van der Waals surface area contributed by atoms with Crippen LogP contribution in [0.25, 0.3) is 11.4 Å². The molecule has 0 spiro atoms. The molecule has 162 valence electrons. The molecule has 0 amide bonds. The van der Waals surface area contributed by atoms with Gasteiger partial charge in [-0.3, -0.25) is 15.0 Å². The number of piperazine rings is 1. The molecule has 2 N–H and O–H groups in total. The normalized spacial score (nSPS) is 15.2. The Labute approximate surface area is 183 Å². The van der Waals surface area contributed by atoms with Crippen molar-refractivity contribution in [1.29, 1.82) is 0 Å². The van der Waals surface area contributed by atoms with Crippen molar-refractivity contribution in [1.82, 2.24) is 30.3 Å². The summed E-state index contributed by atoms with van der Waals surface area (Å²) in [6.07, 6.45) is 0. The summed E-state index contributed by atoms with van der Waals surface area (Å²) in [7, 11) is 3.48. The molecule has 1 fully saturated rings. The third-order valence-corrected chi connectivity index (χ3v) is 5.43. The van der Waals surface area contributed by atoms with E-state index in [1.54, 1.807) is 7.11 Å². The number of benzene rings is 2. The fourth-order valence-electron chi connectivity index (χ4n) is 3.70. The molecule has 0 unspecified atom stereocenters. The summed E-state index contributed by atoms with van der Waals surface area (Å²) in [5, 5.41) is 10.8. The predicted octanol–water partition coefficient (Wildman–Crippen LogP) is 2.37. The Bertz CT molecular complexity index is 977. The number of aliphatic imine (C=N–C) groups is 1. The Morgan fingerprint density at radius 2 is 1.81 bits per heavy atom. The number of rotatable bonds is 6. The molecule has 3 aromatic rings. The van der Waals surface area contributed by atoms with Crippen LogP contribution in [0.5, 0.6) is 5.75 Å². The maximum absolute atomic E-state index is 5.20. The van der Waals surface area contributed by atoms with Gasteiger partial charge in [0.2, 0.25) is 0 Å². The Hall–Kier alpha value is -3.39. The molecule has 0 aliphatic carbocycles. The third-order valence-electron chi connectivity index (χ3n) is 5.43. The van der Waals surface area contributed by atoms with Crippen molar-refractivity contribution >= 4 is 5.96 Å². The number of aromatic amines is 1. The van der Waals surface area contributed by atoms with E-state index < -0.39 is 0 Å². The molecular weight excluding hydrogens is 390 g/mol. The van der Waals surface area contributed by atoms with Crippen molar-refractivity contribution in [3.63, 3.8) is 0 Å². The minimum absolute atomic E-state index is 0.542. The smallest absolute Gasteiger partial charge is 0.194 e. The van der Waals surface area contributed by atoms with Crippen LogP contribution in [0.1, 0.15) is 11.4 Å². The Morgan fingerprint density at radius 1 is 1.06 bits per heavy atom. The zero-order valence-corrected chi connectivity index (χ0v) is 18.1. The average Bonchev–Trinajstić information content (AvgIpc) is 3.30. The van der Waals surface area contributed by atoms with Crippen molar-refractivity contribution in [3.05, 3.63) is 66.0 Å². The summed E-state index contributed by atoms with van der Waals surface area (Å²) in [6, 6.07) is 18.3. The van der Waals surface area contributed by atoms with Crippen LogP contribution < -0.4 is 10.1 Å². The van der Waals surface area contributed by atoms with Gasteiger partial charge in [-0.2, -0.15) is 5.10 Å². The van der Waals surface area contributed by atoms with E-state index in [9.17, 15) is 0 Å². The molecule has 0 atom stereocenters. The number of nitrogens with zero attached hydrogens (tertiary/aromatic N) is 5. The summed E-state index contributed by atoms with van der Waals surface area (Å²) >= 11 is 0. The predicted molar refractivity (Wildman–Crippen MR) is 122 cm³/mol. The molecule has 1 aliphatic heterocycles. The highest BCUT2D eigenvalue weighted by Crippen LogP contribution is 2.19. The van der Waals surface area contributed by atoms with Crippen LogP contribution in [-0.2, 0) is 13.1 Å². The largest absolute Gasteiger partial charge is 0.497 e. The molecule has 1 saturated heterocycles. The molecule has 0 bridgehead atoms. The molecule has 2 aromatic carbocycles. The summed E-state index contributed by atoms with van der Waals surface area (Å²) < 4.78 is 5.20. The molecule has 8 heteroatoms. The van der Waals surface area contributed by atoms with E-state index in [0.717, 1.165) is 55.8 Å². The van der Waals surface area contributed by atoms with Crippen LogP contribution in [0, 0.1) is 0 Å². The average molecular weight is 420 g/mol. The minimum atomic E-state index is 0.542. The highest BCUT2D eigenvalue weighted by molar-refractivity contribution is 5.79. The van der Waals surface area contributed by atoms with Crippen LogP contribution in [-0.4, -0.2) is 71.3 Å². The molecule has 1 aliphatic rings. The van der Waals surface area contributed by atoms with Crippen molar-refractivity contribution in [2.45, 2.75) is 13.1 Å². The summed E-state index contributed by atoms with van der Waals surface area (Å²) in [6.45, 7) is 5.45. The van der Waals surface area contributed by atoms with Gasteiger partial charge in [0.1, 0.15) is 11.6 Å². The van der Waals surface area contributed by atoms with Gasteiger partial charge in [-0.15, -0.1) is 0 Å². The van der Waals surface area contributed by atoms with Crippen molar-refractivity contribution in [2.75, 3.05) is 40.3 Å². The number of H-pyrrole nitrogens is 1. The van der Waals surface area contributed by atoms with Gasteiger partial charge < -0.3 is 15.0 Å². The van der Waals surface area contributed by atoms with Gasteiger partial charge in [0.05, 0.1) is 13.7 Å². The lowest BCUT2D eigenvalue weighted by Gasteiger charge is -2.36. The fourth-order valence-corrected chi connectivity index (χ4v) is 3.70. The van der Waals surface area contributed by atoms with Gasteiger partial charge in [-0.25, -0.2) is 4.98 Å². The van der Waals surface area contributed by atoms with E-state index in [4.69, 9.17) is 4.74 Å². The Morgan fingerprint density at radius 3 is 2.48 bits per heavy atom. The fraction of sp³-hybridized carbons (Fsp3) is 0.348. The van der Waals surface area contributed by atoms with Crippen LogP contribution in [0.2, 0.25) is 0 Å². The van der Waals surface area contributed by atoms with Gasteiger partial charge >= 0.3 is 0 Å². The van der Waals surface area contributed by atoms with Gasteiger partial charge in [0.25, 0.3) is 0 Å². The first-order valence-corrected chi connectivity index (χ1v) is 10.5. The molecular formula is C23H29N7O. The molecule has 0 saturated carbocycles. The van der Waals surface area contributed by atoms with E-state index in [-0.39, 0.29) is 0 Å². The van der Waals surface area contributed by atoms with E-state index in [1.165, 1.54) is 5.56 Å². The highest BCUT2D eigenvalue weighted by Gasteiger charge is 2.20. The second-order valence-corrected chi connectivity index (χ2v) is 7.48. The molecule has 1 aromatic heterocycles. The standard InChI is InChI=1S/C23H29N7O/c1-24-23(30-14-12-29(13-15-30)17-18-6-4-3-5-7-18)25-16-21-26-22(28-27-21)19-8-10-20(31-2)11-9-19/h3-11H,12-17H2,1-2H3,(H,24,25)(H,26,27,28). The highest BCUT2D eigenvalue weighted by atomic mass is 16.5. The van der Waals surface area contributed by atoms with Gasteiger partial charge in [-0.05, 0) is 29.8 Å². The van der Waals surface area contributed by atoms with E-state index in [2.05, 4.69) is 65.6 Å². The van der Waals surface area contributed by atoms with Crippen molar-refractivity contribution in [3.8, 4) is 17.1 Å². The number of nitrogens with one attached hydrogen (secondary N) is 2. The molecule has 4 rings (SSSR count). The van der Waals surface area contributed by atoms with Gasteiger partial charge in [0.15, 0.2) is 11.8 Å². The summed E-state index contributed by atoms with van der Waals surface area (Å²) in [5.74, 6) is 3.15. The third kappa shape index (κ3) is 5.40. The number of ether oxygens (including phenoxy) is 1. The topological polar surface area (TPSA) is 81.7 Å². The number of hydrogen-bond donors (Lipinski definition) is 2. The van der Waals surface area contributed by atoms with Crippen molar-refractivity contribution in [2.24, 2.45) is 4.99 Å². The first-order chi connectivity index (χ1) is 15.2. The molecule has 0 radical (unpaired) electrons. The van der Waals surface area contributed by atoms with Crippen LogP contribution in [0.3, 0.4) is 0 Å². The van der Waals surface area contributed by atoms with Crippen molar-refractivity contribution < 1.29 is 4.74 Å². The summed E-state index contributed by atoms with van der Waals surface area (Å²) in [5.41, 5.74) is 2.30. The zero-order valence-electron chi connectivity index (χ0n) is 18.1. The quantitative estimate of drug-likeness (QED) is 0.472. The number of aromatic nitrogens is 3. The maximum atomic E-state index is 5.20. The Kier molecular flexibility index (Phi) is 6.78. The monoisotopic (exact) mass is 419 g/mol. The van der Waals surface area contributed by atoms with Gasteiger partial charge in [-0.1, -0.05) is 30.3 Å². The molecule has 2 heterocycles. The van der Waals surface area contributed by atoms with Gasteiger partial charge in [0, 0.05) is 45.3 Å². The van der Waals surface area contributed by atoms with Crippen LogP contribution in [0.4, 0.5) is 0 Å². The first kappa shape index (κ1) is 20.9. The van der Waals surface area contributed by atoms with E-state index in [1.807, 2.05) is 31.3 Å². The number of methoxy groups -OCH3 is 1. The molecule has 31 heavy (non-hydrogen) atoms. The Balaban J connectivity index is 1.28. The number of guanidine groups is 1. The zero-order chi connectivity index (χ0) is 21.5. The second kappa shape index (κ2) is 10.1. The van der Waals surface area contributed by atoms with Crippen LogP contribution in [0.15, 0.2) is 59.6 Å². The van der Waals surface area contributed by atoms with E-state index >= 15 is 0 Å². The lowest BCUT2D eigenvalue weighted by atomic mass is 10.2. The lowest BCUT2D eigenvalue weighted by molar-refractivity contribution is 0.172. The second-order valence-electron chi connectivity index (χ2n) is 7.48. The SMILES string of the molecule is CN=C(NCc1nc(-c2ccc(OC)cc2)n[nH]1)N1CCN(Cc2ccccc2)CC1. The first-order valence-electron chi connectivity index (χ1n) is 10.5. The summed E-state index contributed by atoms with van der Waals surface area (Å²) in [4.78, 5) is 13.8.